The van der Waals surface area contributed by atoms with Crippen molar-refractivity contribution < 1.29 is 28.7 Å². The minimum absolute atomic E-state index is 0.113. The first-order valence-electron chi connectivity index (χ1n) is 10.9. The number of nitrogens with zero attached hydrogens (tertiary/aromatic N) is 5. The average Bonchev–Trinajstić information content (AvgIpc) is 3.58. The lowest BCUT2D eigenvalue weighted by atomic mass is 10.0. The van der Waals surface area contributed by atoms with E-state index in [-0.39, 0.29) is 33.2 Å². The van der Waals surface area contributed by atoms with Gasteiger partial charge in [0.05, 0.1) is 0 Å². The van der Waals surface area contributed by atoms with Crippen LogP contribution in [0.1, 0.15) is 5.69 Å². The van der Waals surface area contributed by atoms with Gasteiger partial charge in [0.2, 0.25) is 5.89 Å². The first kappa shape index (κ1) is 25.7. The summed E-state index contributed by atoms with van der Waals surface area (Å²) in [5.41, 5.74) is 6.89. The van der Waals surface area contributed by atoms with Gasteiger partial charge in [-0.25, -0.2) is 9.78 Å². The smallest absolute Gasteiger partial charge is 0.352 e. The van der Waals surface area contributed by atoms with Gasteiger partial charge in [-0.2, -0.15) is 0 Å². The van der Waals surface area contributed by atoms with Crippen LogP contribution in [0, 0.1) is 0 Å². The Balaban J connectivity index is 1.28. The molecule has 4 N–H and O–H groups in total. The third-order valence-electron chi connectivity index (χ3n) is 5.50. The van der Waals surface area contributed by atoms with Gasteiger partial charge in [0.1, 0.15) is 29.9 Å². The van der Waals surface area contributed by atoms with Gasteiger partial charge in [-0.1, -0.05) is 35.1 Å². The van der Waals surface area contributed by atoms with Crippen LogP contribution < -0.4 is 11.1 Å². The third kappa shape index (κ3) is 4.97. The van der Waals surface area contributed by atoms with Crippen molar-refractivity contribution in [3.05, 3.63) is 52.7 Å². The number of nitrogens with two attached hydrogens (primary N) is 1. The summed E-state index contributed by atoms with van der Waals surface area (Å²) in [6.45, 7) is 0. The fourth-order valence-corrected chi connectivity index (χ4v) is 6.61. The van der Waals surface area contributed by atoms with Crippen LogP contribution in [0.15, 0.2) is 61.8 Å². The number of oxime groups is 1. The van der Waals surface area contributed by atoms with Gasteiger partial charge in [-0.05, 0) is 17.7 Å². The number of hydrogen-bond donors (Lipinski definition) is 3. The van der Waals surface area contributed by atoms with Crippen LogP contribution in [-0.2, 0) is 19.2 Å². The molecule has 2 aliphatic heterocycles. The number of anilines is 1. The number of carboxylic acid groups (broad SMARTS) is 1. The normalized spacial score (nSPS) is 19.1. The molecule has 1 fully saturated rings. The summed E-state index contributed by atoms with van der Waals surface area (Å²) in [6.07, 6.45) is 0. The minimum atomic E-state index is -1.24. The summed E-state index contributed by atoms with van der Waals surface area (Å²) in [5.74, 6) is -1.56. The Kier molecular flexibility index (Phi) is 7.35. The summed E-state index contributed by atoms with van der Waals surface area (Å²) in [7, 11) is 1.27. The molecular weight excluding hydrogens is 554 g/mol. The maximum Gasteiger partial charge on any atom is 0.352 e. The standard InChI is InChI=1S/C22H19N7O6S3/c1-34-28-13(12-9-37-21(23)24-12)16(30)25-14-18(31)29-15(20(32)33)11(7-36-19(14)29)8-38-22-27-26-17(35-22)10-5-3-2-4-6-10/h2-6,9,14,19H,7-8H2,1H3,(H2,23,24)(H,25,30)(H,32,33)/t14-,19-/m1/s1. The fraction of sp³-hybridized carbons (Fsp3) is 0.227. The van der Waals surface area contributed by atoms with E-state index in [0.29, 0.717) is 17.2 Å². The molecule has 38 heavy (non-hydrogen) atoms. The topological polar surface area (TPSA) is 186 Å². The molecule has 1 aromatic carbocycles. The van der Waals surface area contributed by atoms with Gasteiger partial charge in [-0.15, -0.1) is 33.3 Å². The SMILES string of the molecule is CON=C(C(=O)N[C@@H]1C(=O)N2C(C(=O)O)=C(CSc3nnc(-c4ccccc4)o3)CS[C@H]12)c1csc(N)n1. The summed E-state index contributed by atoms with van der Waals surface area (Å²) < 4.78 is 5.68. The van der Waals surface area contributed by atoms with Crippen LogP contribution in [-0.4, -0.2) is 78.7 Å². The molecule has 2 atom stereocenters. The lowest BCUT2D eigenvalue weighted by molar-refractivity contribution is -0.150. The van der Waals surface area contributed by atoms with Crippen molar-refractivity contribution in [2.24, 2.45) is 5.16 Å². The van der Waals surface area contributed by atoms with Crippen LogP contribution in [0.25, 0.3) is 11.5 Å². The summed E-state index contributed by atoms with van der Waals surface area (Å²) in [6, 6.07) is 8.31. The van der Waals surface area contributed by atoms with Crippen molar-refractivity contribution in [3.8, 4) is 11.5 Å². The number of hydrogen-bond acceptors (Lipinski definition) is 13. The van der Waals surface area contributed by atoms with Gasteiger partial charge in [-0.3, -0.25) is 14.5 Å². The van der Waals surface area contributed by atoms with Crippen LogP contribution >= 0.6 is 34.9 Å². The van der Waals surface area contributed by atoms with E-state index in [2.05, 4.69) is 25.7 Å². The highest BCUT2D eigenvalue weighted by Gasteiger charge is 2.54. The molecule has 16 heteroatoms. The van der Waals surface area contributed by atoms with Crippen molar-refractivity contribution in [1.82, 2.24) is 25.4 Å². The third-order valence-corrected chi connectivity index (χ3v) is 8.41. The maximum absolute atomic E-state index is 13.0. The number of β-lactam (4-membered cyclic amide) rings is 1. The summed E-state index contributed by atoms with van der Waals surface area (Å²) in [5, 5.41) is 25.8. The van der Waals surface area contributed by atoms with Crippen molar-refractivity contribution >= 4 is 63.5 Å². The van der Waals surface area contributed by atoms with E-state index in [1.54, 1.807) is 5.38 Å². The molecule has 0 aliphatic carbocycles. The molecule has 0 bridgehead atoms. The second-order valence-electron chi connectivity index (χ2n) is 7.84. The van der Waals surface area contributed by atoms with Crippen LogP contribution in [0.5, 0.6) is 0 Å². The molecule has 2 amide bonds. The predicted octanol–water partition coefficient (Wildman–Crippen LogP) is 1.66. The number of carboxylic acids is 1. The van der Waals surface area contributed by atoms with E-state index in [4.69, 9.17) is 15.0 Å². The first-order valence-corrected chi connectivity index (χ1v) is 13.8. The summed E-state index contributed by atoms with van der Waals surface area (Å²) >= 11 is 3.65. The lowest BCUT2D eigenvalue weighted by Gasteiger charge is -2.49. The number of nitrogens with one attached hydrogen (secondary N) is 1. The van der Waals surface area contributed by atoms with Crippen molar-refractivity contribution in [2.45, 2.75) is 16.6 Å². The van der Waals surface area contributed by atoms with Gasteiger partial charge >= 0.3 is 5.97 Å². The Morgan fingerprint density at radius 2 is 2.13 bits per heavy atom. The first-order chi connectivity index (χ1) is 18.4. The summed E-state index contributed by atoms with van der Waals surface area (Å²) in [4.78, 5) is 48.0. The lowest BCUT2D eigenvalue weighted by Crippen LogP contribution is -2.71. The van der Waals surface area contributed by atoms with Crippen LogP contribution in [0.3, 0.4) is 0 Å². The maximum atomic E-state index is 13.0. The molecule has 2 aliphatic rings. The van der Waals surface area contributed by atoms with E-state index < -0.39 is 29.2 Å². The van der Waals surface area contributed by atoms with Gasteiger partial charge in [0.25, 0.3) is 17.0 Å². The van der Waals surface area contributed by atoms with Crippen LogP contribution in [0.2, 0.25) is 0 Å². The number of amides is 2. The van der Waals surface area contributed by atoms with E-state index in [9.17, 15) is 19.5 Å². The average molecular weight is 574 g/mol. The Bertz CT molecular complexity index is 1450. The monoisotopic (exact) mass is 573 g/mol. The molecule has 0 unspecified atom stereocenters. The second kappa shape index (κ2) is 10.8. The van der Waals surface area contributed by atoms with E-state index in [1.165, 1.54) is 35.5 Å². The van der Waals surface area contributed by atoms with E-state index >= 15 is 0 Å². The molecular formula is C22H19N7O6S3. The number of thioether (sulfide) groups is 2. The van der Waals surface area contributed by atoms with Crippen molar-refractivity contribution in [2.75, 3.05) is 24.3 Å². The number of rotatable bonds is 9. The zero-order valence-corrected chi connectivity index (χ0v) is 22.0. The Hall–Kier alpha value is -3.89. The highest BCUT2D eigenvalue weighted by atomic mass is 32.2. The highest BCUT2D eigenvalue weighted by molar-refractivity contribution is 8.01. The predicted molar refractivity (Wildman–Crippen MR) is 140 cm³/mol. The van der Waals surface area contributed by atoms with E-state index in [1.807, 2.05) is 30.3 Å². The molecule has 0 radical (unpaired) electrons. The number of carbonyl (C=O) groups is 3. The molecule has 5 rings (SSSR count). The number of aromatic nitrogens is 3. The molecule has 0 saturated carbocycles. The van der Waals surface area contributed by atoms with Crippen molar-refractivity contribution in [1.29, 1.82) is 0 Å². The number of aliphatic carboxylic acids is 1. The van der Waals surface area contributed by atoms with Crippen LogP contribution in [0.4, 0.5) is 5.13 Å². The van der Waals surface area contributed by atoms with Crippen molar-refractivity contribution in [3.63, 3.8) is 0 Å². The molecule has 0 spiro atoms. The Morgan fingerprint density at radius 1 is 1.34 bits per heavy atom. The minimum Gasteiger partial charge on any atom is -0.477 e. The van der Waals surface area contributed by atoms with Gasteiger partial charge in [0, 0.05) is 22.4 Å². The molecule has 13 nitrogen and oxygen atoms in total. The van der Waals surface area contributed by atoms with Gasteiger partial charge in [0.15, 0.2) is 10.8 Å². The quantitative estimate of drug-likeness (QED) is 0.146. The van der Waals surface area contributed by atoms with E-state index in [0.717, 1.165) is 16.9 Å². The molecule has 196 valence electrons. The number of carbonyl (C=O) groups excluding carboxylic acids is 2. The fourth-order valence-electron chi connectivity index (χ4n) is 3.81. The number of benzene rings is 1. The zero-order chi connectivity index (χ0) is 26.8. The molecule has 2 aromatic heterocycles. The molecule has 3 aromatic rings. The zero-order valence-electron chi connectivity index (χ0n) is 19.6. The Morgan fingerprint density at radius 3 is 2.82 bits per heavy atom. The van der Waals surface area contributed by atoms with Gasteiger partial charge < -0.3 is 25.4 Å². The Labute approximate surface area is 227 Å². The number of thiazole rings is 1. The largest absolute Gasteiger partial charge is 0.477 e. The number of nitrogen functional groups attached to an aromatic ring is 1. The number of fused-ring (bicyclic) bond motifs is 1. The molecule has 1 saturated heterocycles. The second-order valence-corrected chi connectivity index (χ2v) is 10.8. The molecule has 4 heterocycles. The highest BCUT2D eigenvalue weighted by Crippen LogP contribution is 2.41.